The Labute approximate surface area is 137 Å². The number of furan rings is 1. The van der Waals surface area contributed by atoms with Crippen LogP contribution in [0.3, 0.4) is 0 Å². The van der Waals surface area contributed by atoms with Gasteiger partial charge in [-0.05, 0) is 36.4 Å². The third-order valence-electron chi connectivity index (χ3n) is 3.39. The van der Waals surface area contributed by atoms with Crippen LogP contribution < -0.4 is 5.32 Å². The summed E-state index contributed by atoms with van der Waals surface area (Å²) in [5, 5.41) is 5.13. The molecule has 0 saturated carbocycles. The van der Waals surface area contributed by atoms with Crippen LogP contribution >= 0.6 is 27.5 Å². The predicted molar refractivity (Wildman–Crippen MR) is 90.9 cm³/mol. The summed E-state index contributed by atoms with van der Waals surface area (Å²) in [6.45, 7) is 2.93. The summed E-state index contributed by atoms with van der Waals surface area (Å²) in [6.07, 6.45) is 0. The molecule has 3 aromatic rings. The molecule has 2 aromatic carbocycles. The lowest BCUT2D eigenvalue weighted by atomic mass is 10.0. The molecule has 1 unspecified atom stereocenters. The van der Waals surface area contributed by atoms with Crippen molar-refractivity contribution >= 4 is 38.5 Å². The lowest BCUT2D eigenvalue weighted by Crippen LogP contribution is -2.21. The molecule has 3 rings (SSSR count). The quantitative estimate of drug-likeness (QED) is 0.657. The predicted octanol–water partition coefficient (Wildman–Crippen LogP) is 5.55. The van der Waals surface area contributed by atoms with E-state index in [-0.39, 0.29) is 6.04 Å². The Morgan fingerprint density at radius 3 is 2.71 bits per heavy atom. The van der Waals surface area contributed by atoms with Crippen molar-refractivity contribution in [3.63, 3.8) is 0 Å². The molecule has 1 aromatic heterocycles. The minimum absolute atomic E-state index is 0.0102. The first-order chi connectivity index (χ1) is 10.2. The molecule has 0 aliphatic carbocycles. The van der Waals surface area contributed by atoms with Gasteiger partial charge in [0.15, 0.2) is 5.58 Å². The molecular formula is C17H15BrClNO. The molecular weight excluding hydrogens is 350 g/mol. The van der Waals surface area contributed by atoms with Gasteiger partial charge in [0, 0.05) is 9.86 Å². The summed E-state index contributed by atoms with van der Waals surface area (Å²) in [4.78, 5) is 0. The Morgan fingerprint density at radius 2 is 2.00 bits per heavy atom. The molecule has 0 spiro atoms. The topological polar surface area (TPSA) is 25.2 Å². The van der Waals surface area contributed by atoms with Crippen LogP contribution in [0.4, 0.5) is 0 Å². The van der Waals surface area contributed by atoms with Crippen LogP contribution in [-0.4, -0.2) is 6.54 Å². The Hall–Kier alpha value is -1.29. The lowest BCUT2D eigenvalue weighted by Gasteiger charge is -2.16. The summed E-state index contributed by atoms with van der Waals surface area (Å²) >= 11 is 9.72. The van der Waals surface area contributed by atoms with Gasteiger partial charge in [0.2, 0.25) is 0 Å². The molecule has 21 heavy (non-hydrogen) atoms. The largest absolute Gasteiger partial charge is 0.457 e. The minimum Gasteiger partial charge on any atom is -0.457 e. The van der Waals surface area contributed by atoms with Gasteiger partial charge in [0.05, 0.1) is 11.1 Å². The highest BCUT2D eigenvalue weighted by Crippen LogP contribution is 2.32. The van der Waals surface area contributed by atoms with Gasteiger partial charge in [-0.2, -0.15) is 0 Å². The van der Waals surface area contributed by atoms with Crippen molar-refractivity contribution in [1.29, 1.82) is 0 Å². The molecule has 108 valence electrons. The van der Waals surface area contributed by atoms with Crippen molar-refractivity contribution in [2.24, 2.45) is 0 Å². The SMILES string of the molecule is CCNC(c1cccc(Br)c1)c1cc2cccc(Cl)c2o1. The van der Waals surface area contributed by atoms with E-state index in [1.165, 1.54) is 0 Å². The molecule has 0 aliphatic heterocycles. The Morgan fingerprint density at radius 1 is 1.19 bits per heavy atom. The summed E-state index contributed by atoms with van der Waals surface area (Å²) in [6, 6.07) is 16.1. The van der Waals surface area contributed by atoms with Gasteiger partial charge in [-0.25, -0.2) is 0 Å². The molecule has 2 nitrogen and oxygen atoms in total. The van der Waals surface area contributed by atoms with Crippen LogP contribution in [0.2, 0.25) is 5.02 Å². The van der Waals surface area contributed by atoms with Crippen molar-refractivity contribution in [3.05, 3.63) is 69.3 Å². The van der Waals surface area contributed by atoms with E-state index in [1.54, 1.807) is 0 Å². The number of rotatable bonds is 4. The van der Waals surface area contributed by atoms with Crippen molar-refractivity contribution in [2.45, 2.75) is 13.0 Å². The van der Waals surface area contributed by atoms with E-state index in [9.17, 15) is 0 Å². The molecule has 0 bridgehead atoms. The van der Waals surface area contributed by atoms with Gasteiger partial charge in [-0.1, -0.05) is 58.7 Å². The van der Waals surface area contributed by atoms with Crippen molar-refractivity contribution in [2.75, 3.05) is 6.54 Å². The van der Waals surface area contributed by atoms with Crippen molar-refractivity contribution < 1.29 is 4.42 Å². The average molecular weight is 365 g/mol. The minimum atomic E-state index is 0.0102. The van der Waals surface area contributed by atoms with Crippen molar-refractivity contribution in [3.8, 4) is 0 Å². The monoisotopic (exact) mass is 363 g/mol. The molecule has 1 heterocycles. The number of hydrogen-bond acceptors (Lipinski definition) is 2. The van der Waals surface area contributed by atoms with Crippen molar-refractivity contribution in [1.82, 2.24) is 5.32 Å². The maximum Gasteiger partial charge on any atom is 0.152 e. The zero-order valence-electron chi connectivity index (χ0n) is 11.6. The van der Waals surface area contributed by atoms with Crippen LogP contribution in [0, 0.1) is 0 Å². The second-order valence-corrected chi connectivity index (χ2v) is 6.18. The number of fused-ring (bicyclic) bond motifs is 1. The maximum atomic E-state index is 6.20. The standard InChI is InChI=1S/C17H15BrClNO/c1-2-20-16(11-5-3-7-13(18)9-11)15-10-12-6-4-8-14(19)17(12)21-15/h3-10,16,20H,2H2,1H3. The fourth-order valence-electron chi connectivity index (χ4n) is 2.46. The second-order valence-electron chi connectivity index (χ2n) is 4.85. The first-order valence-corrected chi connectivity index (χ1v) is 8.03. The summed E-state index contributed by atoms with van der Waals surface area (Å²) in [5.41, 5.74) is 1.90. The number of benzene rings is 2. The smallest absolute Gasteiger partial charge is 0.152 e. The molecule has 0 saturated heterocycles. The molecule has 1 atom stereocenters. The van der Waals surface area contributed by atoms with Crippen LogP contribution in [0.1, 0.15) is 24.3 Å². The molecule has 0 aliphatic rings. The van der Waals surface area contributed by atoms with Gasteiger partial charge in [0.1, 0.15) is 5.76 Å². The Balaban J connectivity index is 2.09. The van der Waals surface area contributed by atoms with E-state index in [0.717, 1.165) is 33.3 Å². The second kappa shape index (κ2) is 6.22. The number of para-hydroxylation sites is 1. The third-order valence-corrected chi connectivity index (χ3v) is 4.18. The normalized spacial score (nSPS) is 12.7. The summed E-state index contributed by atoms with van der Waals surface area (Å²) in [7, 11) is 0. The van der Waals surface area contributed by atoms with Gasteiger partial charge < -0.3 is 9.73 Å². The van der Waals surface area contributed by atoms with E-state index in [0.29, 0.717) is 5.02 Å². The van der Waals surface area contributed by atoms with Crippen LogP contribution in [-0.2, 0) is 0 Å². The van der Waals surface area contributed by atoms with E-state index >= 15 is 0 Å². The van der Waals surface area contributed by atoms with Gasteiger partial charge in [0.25, 0.3) is 0 Å². The Bertz CT molecular complexity index is 768. The van der Waals surface area contributed by atoms with E-state index in [1.807, 2.05) is 30.3 Å². The molecule has 0 radical (unpaired) electrons. The molecule has 4 heteroatoms. The van der Waals surface area contributed by atoms with E-state index in [4.69, 9.17) is 16.0 Å². The van der Waals surface area contributed by atoms with Crippen LogP contribution in [0.15, 0.2) is 57.4 Å². The summed E-state index contributed by atoms with van der Waals surface area (Å²) in [5.74, 6) is 0.873. The fraction of sp³-hybridized carbons (Fsp3) is 0.176. The maximum absolute atomic E-state index is 6.20. The lowest BCUT2D eigenvalue weighted by molar-refractivity contribution is 0.477. The average Bonchev–Trinajstić information content (AvgIpc) is 2.90. The van der Waals surface area contributed by atoms with E-state index in [2.05, 4.69) is 46.4 Å². The third kappa shape index (κ3) is 3.00. The van der Waals surface area contributed by atoms with Crippen LogP contribution in [0.5, 0.6) is 0 Å². The highest BCUT2D eigenvalue weighted by Gasteiger charge is 2.18. The fourth-order valence-corrected chi connectivity index (χ4v) is 3.10. The Kier molecular flexibility index (Phi) is 4.34. The highest BCUT2D eigenvalue weighted by atomic mass is 79.9. The number of nitrogens with one attached hydrogen (secondary N) is 1. The molecule has 0 amide bonds. The number of halogens is 2. The first kappa shape index (κ1) is 14.6. The number of hydrogen-bond donors (Lipinski definition) is 1. The van der Waals surface area contributed by atoms with Gasteiger partial charge in [-0.3, -0.25) is 0 Å². The van der Waals surface area contributed by atoms with Crippen LogP contribution in [0.25, 0.3) is 11.0 Å². The first-order valence-electron chi connectivity index (χ1n) is 6.86. The van der Waals surface area contributed by atoms with E-state index < -0.39 is 0 Å². The van der Waals surface area contributed by atoms with Gasteiger partial charge in [-0.15, -0.1) is 0 Å². The highest BCUT2D eigenvalue weighted by molar-refractivity contribution is 9.10. The van der Waals surface area contributed by atoms with Gasteiger partial charge >= 0.3 is 0 Å². The summed E-state index contributed by atoms with van der Waals surface area (Å²) < 4.78 is 7.05. The molecule has 1 N–H and O–H groups in total. The molecule has 0 fully saturated rings. The zero-order valence-corrected chi connectivity index (χ0v) is 13.9. The zero-order chi connectivity index (χ0) is 14.8.